The summed E-state index contributed by atoms with van der Waals surface area (Å²) in [6.07, 6.45) is 25.6. The van der Waals surface area contributed by atoms with Crippen molar-refractivity contribution in [2.24, 2.45) is 11.8 Å². The number of pyridine rings is 2. The molecular weight excluding hydrogens is 922 g/mol. The summed E-state index contributed by atoms with van der Waals surface area (Å²) < 4.78 is 9.85. The fraction of sp³-hybridized carbons (Fsp3) is 0.377. The molecule has 0 radical (unpaired) electrons. The Morgan fingerprint density at radius 1 is 0.687 bits per heavy atom. The molecular formula is C53H60Cl4N8O2. The van der Waals surface area contributed by atoms with Crippen molar-refractivity contribution in [1.82, 2.24) is 39.3 Å². The first-order chi connectivity index (χ1) is 31.6. The molecule has 14 heteroatoms. The Balaban J connectivity index is 0.000000197. The zero-order chi connectivity index (χ0) is 44.9. The lowest BCUT2D eigenvalue weighted by molar-refractivity contribution is 0.0178. The molecule has 10 nitrogen and oxygen atoms in total. The monoisotopic (exact) mass is 980 g/mol. The number of piperidine rings is 2. The number of benzene rings is 2. The number of nitrogens with one attached hydrogen (secondary N) is 1. The molecule has 1 amide bonds. The van der Waals surface area contributed by atoms with Crippen molar-refractivity contribution in [3.63, 3.8) is 0 Å². The smallest absolute Gasteiger partial charge is 0.410 e. The van der Waals surface area contributed by atoms with Gasteiger partial charge in [-0.2, -0.15) is 0 Å². The predicted molar refractivity (Wildman–Crippen MR) is 275 cm³/mol. The molecule has 2 aromatic carbocycles. The predicted octanol–water partition coefficient (Wildman–Crippen LogP) is 12.5. The third-order valence-corrected chi connectivity index (χ3v) is 13.8. The van der Waals surface area contributed by atoms with Crippen molar-refractivity contribution in [3.8, 4) is 0 Å². The van der Waals surface area contributed by atoms with Gasteiger partial charge in [0, 0.05) is 85.2 Å². The third kappa shape index (κ3) is 11.8. The van der Waals surface area contributed by atoms with E-state index in [9.17, 15) is 4.79 Å². The van der Waals surface area contributed by atoms with Gasteiger partial charge in [-0.05, 0) is 165 Å². The lowest BCUT2D eigenvalue weighted by Crippen LogP contribution is -2.42. The highest BCUT2D eigenvalue weighted by Gasteiger charge is 2.37. The number of carbonyl (C=O) groups excluding carboxylic acids is 1. The molecule has 2 fully saturated rings. The maximum atomic E-state index is 12.7. The van der Waals surface area contributed by atoms with Gasteiger partial charge < -0.3 is 24.1 Å². The van der Waals surface area contributed by atoms with Gasteiger partial charge in [0.2, 0.25) is 0 Å². The summed E-state index contributed by atoms with van der Waals surface area (Å²) in [6, 6.07) is 21.1. The van der Waals surface area contributed by atoms with Crippen LogP contribution in [0.2, 0.25) is 10.0 Å². The first kappa shape index (κ1) is 49.9. The normalized spacial score (nSPS) is 18.1. The van der Waals surface area contributed by atoms with Gasteiger partial charge in [-0.3, -0.25) is 9.97 Å². The van der Waals surface area contributed by atoms with Crippen LogP contribution < -0.4 is 5.32 Å². The van der Waals surface area contributed by atoms with E-state index >= 15 is 0 Å². The van der Waals surface area contributed by atoms with Crippen LogP contribution >= 0.6 is 48.0 Å². The molecule has 2 aliphatic carbocycles. The van der Waals surface area contributed by atoms with E-state index in [2.05, 4.69) is 79.0 Å². The van der Waals surface area contributed by atoms with E-state index in [4.69, 9.17) is 37.9 Å². The van der Waals surface area contributed by atoms with Crippen LogP contribution in [0.1, 0.15) is 116 Å². The summed E-state index contributed by atoms with van der Waals surface area (Å²) in [5.41, 5.74) is 11.9. The maximum absolute atomic E-state index is 12.7. The minimum absolute atomic E-state index is 0. The van der Waals surface area contributed by atoms with Gasteiger partial charge in [0.05, 0.1) is 24.0 Å². The molecule has 0 spiro atoms. The zero-order valence-corrected chi connectivity index (χ0v) is 41.5. The number of rotatable bonds is 8. The number of likely N-dealkylation sites (tertiary alicyclic amines) is 1. The Morgan fingerprint density at radius 2 is 1.16 bits per heavy atom. The molecule has 67 heavy (non-hydrogen) atoms. The van der Waals surface area contributed by atoms with Crippen LogP contribution in [0.5, 0.6) is 0 Å². The van der Waals surface area contributed by atoms with Crippen molar-refractivity contribution in [2.75, 3.05) is 26.2 Å². The average molecular weight is 983 g/mol. The molecule has 352 valence electrons. The number of nitrogens with zero attached hydrogens (tertiary/aromatic N) is 7. The van der Waals surface area contributed by atoms with Crippen molar-refractivity contribution in [3.05, 3.63) is 165 Å². The number of carbonyl (C=O) groups is 1. The molecule has 6 heterocycles. The topological polar surface area (TPSA) is 103 Å². The summed E-state index contributed by atoms with van der Waals surface area (Å²) >= 11 is 12.9. The minimum Gasteiger partial charge on any atom is -0.444 e. The number of amides is 1. The van der Waals surface area contributed by atoms with E-state index in [1.165, 1.54) is 57.5 Å². The van der Waals surface area contributed by atoms with E-state index in [1.807, 2.05) is 93.7 Å². The van der Waals surface area contributed by atoms with E-state index < -0.39 is 5.60 Å². The molecule has 1 N–H and O–H groups in total. The largest absolute Gasteiger partial charge is 0.444 e. The molecule has 4 aliphatic rings. The number of halogens is 4. The Bertz CT molecular complexity index is 2650. The third-order valence-electron chi connectivity index (χ3n) is 13.3. The first-order valence-electron chi connectivity index (χ1n) is 23.1. The summed E-state index contributed by atoms with van der Waals surface area (Å²) in [7, 11) is 0. The van der Waals surface area contributed by atoms with Crippen LogP contribution in [0.4, 0.5) is 4.79 Å². The highest BCUT2D eigenvalue weighted by atomic mass is 35.5. The second-order valence-corrected chi connectivity index (χ2v) is 19.6. The summed E-state index contributed by atoms with van der Waals surface area (Å²) in [4.78, 5) is 32.8. The van der Waals surface area contributed by atoms with Crippen LogP contribution in [0.3, 0.4) is 0 Å². The van der Waals surface area contributed by atoms with Crippen LogP contribution in [0, 0.1) is 11.8 Å². The van der Waals surface area contributed by atoms with Crippen LogP contribution in [0.25, 0.3) is 23.3 Å². The molecule has 10 rings (SSSR count). The fourth-order valence-electron chi connectivity index (χ4n) is 10.2. The van der Waals surface area contributed by atoms with Crippen molar-refractivity contribution in [2.45, 2.75) is 89.8 Å². The van der Waals surface area contributed by atoms with Gasteiger partial charge in [-0.15, -0.1) is 24.8 Å². The SMILES string of the molecule is CC(C)(C)OC(=O)N1CCC(C2c3ccc(Cl)cc3C=C(CCn3ccnc3)c3cccnc32)CC1.Cl.Cl.Clc1ccc2c(c1)C=C(CCn1ccnc1)c1cccnc1C2C1CCNCC1. The maximum Gasteiger partial charge on any atom is 0.410 e. The number of ether oxygens (including phenoxy) is 1. The number of aryl methyl sites for hydroxylation is 2. The van der Waals surface area contributed by atoms with E-state index in [1.54, 1.807) is 0 Å². The number of aromatic nitrogens is 6. The lowest BCUT2D eigenvalue weighted by atomic mass is 9.76. The van der Waals surface area contributed by atoms with Gasteiger partial charge in [0.1, 0.15) is 5.60 Å². The molecule has 0 saturated carbocycles. The van der Waals surface area contributed by atoms with Crippen molar-refractivity contribution in [1.29, 1.82) is 0 Å². The zero-order valence-electron chi connectivity index (χ0n) is 38.4. The molecule has 0 bridgehead atoms. The molecule has 6 aromatic rings. The van der Waals surface area contributed by atoms with E-state index in [-0.39, 0.29) is 36.8 Å². The Labute approximate surface area is 417 Å². The number of hydrogen-bond donors (Lipinski definition) is 1. The average Bonchev–Trinajstić information content (AvgIpc) is 4.00. The second kappa shape index (κ2) is 22.4. The van der Waals surface area contributed by atoms with Crippen molar-refractivity contribution < 1.29 is 9.53 Å². The van der Waals surface area contributed by atoms with E-state index in [0.717, 1.165) is 73.2 Å². The van der Waals surface area contributed by atoms with Gasteiger partial charge in [-0.1, -0.05) is 59.6 Å². The molecule has 4 aromatic heterocycles. The Kier molecular flexibility index (Phi) is 16.7. The number of hydrogen-bond acceptors (Lipinski definition) is 7. The Morgan fingerprint density at radius 3 is 1.61 bits per heavy atom. The minimum atomic E-state index is -0.491. The second-order valence-electron chi connectivity index (χ2n) is 18.7. The molecule has 2 unspecified atom stereocenters. The fourth-order valence-corrected chi connectivity index (χ4v) is 10.6. The quantitative estimate of drug-likeness (QED) is 0.162. The van der Waals surface area contributed by atoms with Gasteiger partial charge in [0.25, 0.3) is 0 Å². The summed E-state index contributed by atoms with van der Waals surface area (Å²) in [6.45, 7) is 11.0. The van der Waals surface area contributed by atoms with Gasteiger partial charge >= 0.3 is 6.09 Å². The van der Waals surface area contributed by atoms with Gasteiger partial charge in [0.15, 0.2) is 0 Å². The molecule has 2 aliphatic heterocycles. The van der Waals surface area contributed by atoms with Crippen LogP contribution in [-0.2, 0) is 17.8 Å². The van der Waals surface area contributed by atoms with Crippen molar-refractivity contribution >= 4 is 77.4 Å². The van der Waals surface area contributed by atoms with Gasteiger partial charge in [-0.25, -0.2) is 14.8 Å². The Hall–Kier alpha value is -4.97. The summed E-state index contributed by atoms with van der Waals surface area (Å²) in [5, 5.41) is 5.03. The van der Waals surface area contributed by atoms with E-state index in [0.29, 0.717) is 30.8 Å². The standard InChI is InChI=1S/C29H33ClN4O2.C24H25ClN4.2ClH/c1-29(2,3)36-28(35)34-14-9-20(10-15-34)26-24-7-6-23(30)18-22(24)17-21(8-13-33-16-12-31-19-33)25-5-4-11-32-27(25)26;25-20-3-4-21-19(15-20)14-18(7-12-29-13-11-27-16-29)22-2-1-8-28-24(22)23(21)17-5-9-26-10-6-17;;/h4-7,11-12,16-20,26H,8-10,13-15H2,1-3H3;1-4,8,11,13-17,23,26H,5-7,9-10,12H2;2*1H. The first-order valence-corrected chi connectivity index (χ1v) is 23.8. The molecule has 2 atom stereocenters. The molecule has 2 saturated heterocycles. The number of allylic oxidation sites excluding steroid dienone is 2. The number of fused-ring (bicyclic) bond motifs is 4. The number of imidazole rings is 2. The highest BCUT2D eigenvalue weighted by Crippen LogP contribution is 2.47. The van der Waals surface area contributed by atoms with Crippen LogP contribution in [-0.4, -0.2) is 71.8 Å². The highest BCUT2D eigenvalue weighted by molar-refractivity contribution is 6.31. The lowest BCUT2D eigenvalue weighted by Gasteiger charge is -2.37. The van der Waals surface area contributed by atoms with Crippen LogP contribution in [0.15, 0.2) is 110 Å². The summed E-state index contributed by atoms with van der Waals surface area (Å²) in [5.74, 6) is 1.39.